The van der Waals surface area contributed by atoms with E-state index in [4.69, 9.17) is 27.3 Å². The fourth-order valence-electron chi connectivity index (χ4n) is 2.34. The van der Waals surface area contributed by atoms with Crippen LogP contribution in [0.2, 0.25) is 5.02 Å². The van der Waals surface area contributed by atoms with Gasteiger partial charge in [-0.25, -0.2) is 10.8 Å². The fraction of sp³-hybridized carbons (Fsp3) is 0.615. The zero-order valence-corrected chi connectivity index (χ0v) is 12.1. The molecular weight excluding hydrogens is 280 g/mol. The molecule has 1 aliphatic rings. The van der Waals surface area contributed by atoms with Crippen LogP contribution in [0.25, 0.3) is 0 Å². The van der Waals surface area contributed by atoms with Crippen molar-refractivity contribution in [2.45, 2.75) is 25.5 Å². The van der Waals surface area contributed by atoms with Gasteiger partial charge in [0.15, 0.2) is 0 Å². The summed E-state index contributed by atoms with van der Waals surface area (Å²) in [7, 11) is 0. The summed E-state index contributed by atoms with van der Waals surface area (Å²) >= 11 is 6.16. The van der Waals surface area contributed by atoms with E-state index in [1.807, 2.05) is 0 Å². The van der Waals surface area contributed by atoms with Crippen LogP contribution in [0.3, 0.4) is 0 Å². The highest BCUT2D eigenvalue weighted by Gasteiger charge is 2.20. The van der Waals surface area contributed by atoms with Gasteiger partial charge < -0.3 is 15.3 Å². The lowest BCUT2D eigenvalue weighted by Crippen LogP contribution is -2.37. The smallest absolute Gasteiger partial charge is 0.140 e. The van der Waals surface area contributed by atoms with Crippen LogP contribution < -0.4 is 11.3 Å². The molecule has 4 N–H and O–H groups in total. The first-order valence-electron chi connectivity index (χ1n) is 6.79. The minimum absolute atomic E-state index is 0.0820. The second kappa shape index (κ2) is 7.75. The summed E-state index contributed by atoms with van der Waals surface area (Å²) in [6.45, 7) is 3.09. The third-order valence-corrected chi connectivity index (χ3v) is 3.76. The first kappa shape index (κ1) is 15.5. The highest BCUT2D eigenvalue weighted by atomic mass is 35.5. The Kier molecular flexibility index (Phi) is 6.00. The number of aromatic nitrogens is 1. The van der Waals surface area contributed by atoms with E-state index < -0.39 is 0 Å². The SMILES string of the molecule is NNc1ccc(Cl)c(CN2CCC(OCCO)CC2)n1. The number of ether oxygens (including phenoxy) is 1. The number of nitrogens with zero attached hydrogens (tertiary/aromatic N) is 2. The maximum atomic E-state index is 8.75. The molecule has 1 saturated heterocycles. The minimum Gasteiger partial charge on any atom is -0.394 e. The van der Waals surface area contributed by atoms with E-state index >= 15 is 0 Å². The molecule has 6 nitrogen and oxygen atoms in total. The molecule has 0 atom stereocenters. The molecule has 20 heavy (non-hydrogen) atoms. The number of halogens is 1. The van der Waals surface area contributed by atoms with Crippen LogP contribution in [0, 0.1) is 0 Å². The molecule has 0 spiro atoms. The summed E-state index contributed by atoms with van der Waals surface area (Å²) in [5.41, 5.74) is 3.36. The monoisotopic (exact) mass is 300 g/mol. The predicted molar refractivity (Wildman–Crippen MR) is 78.4 cm³/mol. The van der Waals surface area contributed by atoms with Crippen LogP contribution in [-0.2, 0) is 11.3 Å². The Morgan fingerprint density at radius 3 is 2.85 bits per heavy atom. The topological polar surface area (TPSA) is 83.6 Å². The van der Waals surface area contributed by atoms with Crippen molar-refractivity contribution in [1.82, 2.24) is 9.88 Å². The van der Waals surface area contributed by atoms with E-state index in [0.717, 1.165) is 31.6 Å². The number of aliphatic hydroxyl groups excluding tert-OH is 1. The summed E-state index contributed by atoms with van der Waals surface area (Å²) in [6.07, 6.45) is 2.18. The molecular formula is C13H21ClN4O2. The number of likely N-dealkylation sites (tertiary alicyclic amines) is 1. The van der Waals surface area contributed by atoms with E-state index in [2.05, 4.69) is 15.3 Å². The molecule has 0 aromatic carbocycles. The Labute approximate surface area is 123 Å². The Balaban J connectivity index is 1.86. The van der Waals surface area contributed by atoms with Crippen LogP contribution in [0.1, 0.15) is 18.5 Å². The number of pyridine rings is 1. The lowest BCUT2D eigenvalue weighted by Gasteiger charge is -2.31. The number of hydrogen-bond donors (Lipinski definition) is 3. The largest absolute Gasteiger partial charge is 0.394 e. The van der Waals surface area contributed by atoms with Crippen molar-refractivity contribution in [3.63, 3.8) is 0 Å². The summed E-state index contributed by atoms with van der Waals surface area (Å²) in [5, 5.41) is 9.40. The summed E-state index contributed by atoms with van der Waals surface area (Å²) in [4.78, 5) is 6.68. The molecule has 7 heteroatoms. The zero-order valence-electron chi connectivity index (χ0n) is 11.4. The lowest BCUT2D eigenvalue weighted by atomic mass is 10.1. The Morgan fingerprint density at radius 2 is 2.20 bits per heavy atom. The highest BCUT2D eigenvalue weighted by molar-refractivity contribution is 6.31. The predicted octanol–water partition coefficient (Wildman–Crippen LogP) is 0.994. The Hall–Kier alpha value is -0.920. The maximum Gasteiger partial charge on any atom is 0.140 e. The molecule has 1 aromatic heterocycles. The average molecular weight is 301 g/mol. The van der Waals surface area contributed by atoms with Crippen LogP contribution in [0.5, 0.6) is 0 Å². The molecule has 0 bridgehead atoms. The maximum absolute atomic E-state index is 8.75. The van der Waals surface area contributed by atoms with Crippen LogP contribution in [0.15, 0.2) is 12.1 Å². The summed E-state index contributed by atoms with van der Waals surface area (Å²) in [6, 6.07) is 3.55. The quantitative estimate of drug-likeness (QED) is 0.537. The molecule has 1 aliphatic heterocycles. The molecule has 1 fully saturated rings. The zero-order chi connectivity index (χ0) is 14.4. The van der Waals surface area contributed by atoms with Gasteiger partial charge in [0.05, 0.1) is 30.0 Å². The standard InChI is InChI=1S/C13H21ClN4O2/c14-11-1-2-13(17-15)16-12(11)9-18-5-3-10(4-6-18)20-8-7-19/h1-2,10,19H,3-9,15H2,(H,16,17). The Bertz CT molecular complexity index is 425. The van der Waals surface area contributed by atoms with Crippen molar-refractivity contribution in [3.05, 3.63) is 22.8 Å². The average Bonchev–Trinajstić information content (AvgIpc) is 2.49. The molecule has 2 rings (SSSR count). The number of aliphatic hydroxyl groups is 1. The van der Waals surface area contributed by atoms with Gasteiger partial charge in [-0.05, 0) is 25.0 Å². The fourth-order valence-corrected chi connectivity index (χ4v) is 2.51. The van der Waals surface area contributed by atoms with Crippen molar-refractivity contribution in [1.29, 1.82) is 0 Å². The molecule has 0 unspecified atom stereocenters. The van der Waals surface area contributed by atoms with Gasteiger partial charge in [-0.15, -0.1) is 0 Å². The van der Waals surface area contributed by atoms with E-state index in [9.17, 15) is 0 Å². The molecule has 0 radical (unpaired) electrons. The summed E-state index contributed by atoms with van der Waals surface area (Å²) in [5.74, 6) is 5.98. The molecule has 0 amide bonds. The van der Waals surface area contributed by atoms with Crippen molar-refractivity contribution < 1.29 is 9.84 Å². The lowest BCUT2D eigenvalue weighted by molar-refractivity contribution is -0.00917. The molecule has 0 aliphatic carbocycles. The number of hydrogen-bond acceptors (Lipinski definition) is 6. The van der Waals surface area contributed by atoms with E-state index in [0.29, 0.717) is 24.0 Å². The molecule has 1 aromatic rings. The summed E-state index contributed by atoms with van der Waals surface area (Å²) < 4.78 is 5.55. The van der Waals surface area contributed by atoms with Gasteiger partial charge in [-0.1, -0.05) is 11.6 Å². The van der Waals surface area contributed by atoms with Gasteiger partial charge in [0, 0.05) is 19.6 Å². The molecule has 112 valence electrons. The number of piperidine rings is 1. The van der Waals surface area contributed by atoms with E-state index in [1.165, 1.54) is 0 Å². The van der Waals surface area contributed by atoms with Crippen LogP contribution in [-0.4, -0.2) is 47.4 Å². The third-order valence-electron chi connectivity index (χ3n) is 3.42. The van der Waals surface area contributed by atoms with Gasteiger partial charge in [0.1, 0.15) is 5.82 Å². The van der Waals surface area contributed by atoms with Crippen LogP contribution >= 0.6 is 11.6 Å². The van der Waals surface area contributed by atoms with E-state index in [-0.39, 0.29) is 12.7 Å². The van der Waals surface area contributed by atoms with Gasteiger partial charge in [0.2, 0.25) is 0 Å². The second-order valence-electron chi connectivity index (χ2n) is 4.84. The van der Waals surface area contributed by atoms with Crippen molar-refractivity contribution in [3.8, 4) is 0 Å². The number of nitrogens with two attached hydrogens (primary N) is 1. The number of nitrogens with one attached hydrogen (secondary N) is 1. The van der Waals surface area contributed by atoms with Gasteiger partial charge in [-0.3, -0.25) is 4.90 Å². The number of nitrogen functional groups attached to an aromatic ring is 1. The van der Waals surface area contributed by atoms with Crippen LogP contribution in [0.4, 0.5) is 5.82 Å². The third kappa shape index (κ3) is 4.29. The second-order valence-corrected chi connectivity index (χ2v) is 5.25. The van der Waals surface area contributed by atoms with Crippen molar-refractivity contribution >= 4 is 17.4 Å². The highest BCUT2D eigenvalue weighted by Crippen LogP contribution is 2.21. The number of hydrazine groups is 1. The van der Waals surface area contributed by atoms with Gasteiger partial charge in [-0.2, -0.15) is 0 Å². The Morgan fingerprint density at radius 1 is 1.45 bits per heavy atom. The van der Waals surface area contributed by atoms with Crippen molar-refractivity contribution in [2.24, 2.45) is 5.84 Å². The number of rotatable bonds is 6. The normalized spacial score (nSPS) is 17.4. The van der Waals surface area contributed by atoms with E-state index in [1.54, 1.807) is 12.1 Å². The van der Waals surface area contributed by atoms with Gasteiger partial charge >= 0.3 is 0 Å². The molecule has 2 heterocycles. The minimum atomic E-state index is 0.0820. The first-order chi connectivity index (χ1) is 9.72. The van der Waals surface area contributed by atoms with Gasteiger partial charge in [0.25, 0.3) is 0 Å². The number of anilines is 1. The first-order valence-corrected chi connectivity index (χ1v) is 7.17. The molecule has 0 saturated carbocycles. The van der Waals surface area contributed by atoms with Crippen molar-refractivity contribution in [2.75, 3.05) is 31.7 Å².